The highest BCUT2D eigenvalue weighted by atomic mass is 16.5. The predicted octanol–water partition coefficient (Wildman–Crippen LogP) is 3.68. The first-order valence-corrected chi connectivity index (χ1v) is 10.2. The van der Waals surface area contributed by atoms with Crippen LogP contribution in [0.1, 0.15) is 49.5 Å². The summed E-state index contributed by atoms with van der Waals surface area (Å²) in [6.07, 6.45) is 0.649. The molecule has 0 bridgehead atoms. The van der Waals surface area contributed by atoms with Crippen LogP contribution in [0.15, 0.2) is 48.5 Å². The van der Waals surface area contributed by atoms with E-state index in [0.29, 0.717) is 24.3 Å². The summed E-state index contributed by atoms with van der Waals surface area (Å²) in [7, 11) is 1.54. The van der Waals surface area contributed by atoms with Gasteiger partial charge in [0.25, 0.3) is 11.8 Å². The normalized spacial score (nSPS) is 10.8. The van der Waals surface area contributed by atoms with E-state index in [-0.39, 0.29) is 24.3 Å². The summed E-state index contributed by atoms with van der Waals surface area (Å²) >= 11 is 0. The Kier molecular flexibility index (Phi) is 8.61. The predicted molar refractivity (Wildman–Crippen MR) is 119 cm³/mol. The summed E-state index contributed by atoms with van der Waals surface area (Å²) in [5.41, 5.74) is 2.31. The molecular formula is C24H30N2O5. The highest BCUT2D eigenvalue weighted by molar-refractivity contribution is 5.96. The molecule has 0 aliphatic heterocycles. The van der Waals surface area contributed by atoms with Crippen LogP contribution in [0.25, 0.3) is 0 Å². The number of amides is 2. The van der Waals surface area contributed by atoms with Crippen LogP contribution in [0.4, 0.5) is 5.69 Å². The zero-order valence-electron chi connectivity index (χ0n) is 18.5. The van der Waals surface area contributed by atoms with E-state index in [1.807, 2.05) is 24.3 Å². The summed E-state index contributed by atoms with van der Waals surface area (Å²) in [4.78, 5) is 35.2. The average Bonchev–Trinajstić information content (AvgIpc) is 2.75. The van der Waals surface area contributed by atoms with E-state index >= 15 is 0 Å². The Bertz CT molecular complexity index is 884. The third-order valence-electron chi connectivity index (χ3n) is 4.54. The van der Waals surface area contributed by atoms with Gasteiger partial charge in [0.15, 0.2) is 6.61 Å². The van der Waals surface area contributed by atoms with Crippen LogP contribution in [-0.2, 0) is 19.7 Å². The molecule has 0 atom stereocenters. The molecule has 7 heteroatoms. The Hall–Kier alpha value is -3.35. The zero-order valence-corrected chi connectivity index (χ0v) is 18.5. The smallest absolute Gasteiger partial charge is 0.306 e. The third kappa shape index (κ3) is 8.12. The number of esters is 1. The van der Waals surface area contributed by atoms with E-state index in [9.17, 15) is 14.4 Å². The van der Waals surface area contributed by atoms with Crippen molar-refractivity contribution >= 4 is 23.5 Å². The minimum absolute atomic E-state index is 0.0869. The Morgan fingerprint density at radius 1 is 0.935 bits per heavy atom. The number of hydrogen-bond donors (Lipinski definition) is 2. The lowest BCUT2D eigenvalue weighted by Gasteiger charge is -2.19. The summed E-state index contributed by atoms with van der Waals surface area (Å²) < 4.78 is 10.6. The zero-order chi connectivity index (χ0) is 22.9. The van der Waals surface area contributed by atoms with Gasteiger partial charge < -0.3 is 20.1 Å². The van der Waals surface area contributed by atoms with Gasteiger partial charge >= 0.3 is 5.97 Å². The number of ether oxygens (including phenoxy) is 2. The van der Waals surface area contributed by atoms with E-state index in [0.717, 1.165) is 5.75 Å². The molecule has 0 aliphatic carbocycles. The molecule has 0 unspecified atom stereocenters. The minimum Gasteiger partial charge on any atom is -0.494 e. The topological polar surface area (TPSA) is 93.7 Å². The third-order valence-corrected chi connectivity index (χ3v) is 4.54. The summed E-state index contributed by atoms with van der Waals surface area (Å²) in [6.45, 7) is 6.46. The lowest BCUT2D eigenvalue weighted by Crippen LogP contribution is -2.21. The molecule has 31 heavy (non-hydrogen) atoms. The molecular weight excluding hydrogens is 396 g/mol. The minimum atomic E-state index is -0.461. The number of carbonyl (C=O) groups excluding carboxylic acids is 3. The molecule has 0 saturated heterocycles. The van der Waals surface area contributed by atoms with E-state index in [4.69, 9.17) is 9.47 Å². The molecule has 0 aliphatic rings. The Labute approximate surface area is 183 Å². The number of carbonyl (C=O) groups is 3. The van der Waals surface area contributed by atoms with Gasteiger partial charge in [0.2, 0.25) is 0 Å². The number of anilines is 1. The highest BCUT2D eigenvalue weighted by Crippen LogP contribution is 2.24. The van der Waals surface area contributed by atoms with Gasteiger partial charge in [-0.2, -0.15) is 0 Å². The fourth-order valence-corrected chi connectivity index (χ4v) is 2.72. The number of rotatable bonds is 9. The van der Waals surface area contributed by atoms with Gasteiger partial charge in [-0.05, 0) is 53.8 Å². The molecule has 0 heterocycles. The van der Waals surface area contributed by atoms with Crippen molar-refractivity contribution in [2.75, 3.05) is 25.6 Å². The van der Waals surface area contributed by atoms with Crippen LogP contribution in [0, 0.1) is 0 Å². The molecule has 2 aromatic carbocycles. The van der Waals surface area contributed by atoms with Crippen molar-refractivity contribution in [3.8, 4) is 5.75 Å². The molecule has 7 nitrogen and oxygen atoms in total. The summed E-state index contributed by atoms with van der Waals surface area (Å²) in [5.74, 6) is -0.367. The lowest BCUT2D eigenvalue weighted by molar-refractivity contribution is -0.147. The van der Waals surface area contributed by atoms with Crippen LogP contribution in [0.5, 0.6) is 5.75 Å². The monoisotopic (exact) mass is 426 g/mol. The van der Waals surface area contributed by atoms with Gasteiger partial charge in [-0.25, -0.2) is 0 Å². The lowest BCUT2D eigenvalue weighted by atomic mass is 9.87. The summed E-state index contributed by atoms with van der Waals surface area (Å²) in [5, 5.41) is 5.13. The summed E-state index contributed by atoms with van der Waals surface area (Å²) in [6, 6.07) is 14.3. The van der Waals surface area contributed by atoms with Gasteiger partial charge in [-0.1, -0.05) is 32.9 Å². The Balaban J connectivity index is 1.64. The molecule has 166 valence electrons. The number of nitrogens with one attached hydrogen (secondary N) is 2. The maximum Gasteiger partial charge on any atom is 0.306 e. The van der Waals surface area contributed by atoms with Gasteiger partial charge in [-0.15, -0.1) is 0 Å². The SMILES string of the molecule is CNC(=O)c1ccc(NC(=O)COC(=O)CCCOc2ccc(C(C)(C)C)cc2)cc1. The van der Waals surface area contributed by atoms with Crippen molar-refractivity contribution in [1.82, 2.24) is 5.32 Å². The van der Waals surface area contributed by atoms with Crippen molar-refractivity contribution in [3.63, 3.8) is 0 Å². The largest absolute Gasteiger partial charge is 0.494 e. The molecule has 2 N–H and O–H groups in total. The maximum atomic E-state index is 11.9. The molecule has 0 fully saturated rings. The first-order valence-electron chi connectivity index (χ1n) is 10.2. The van der Waals surface area contributed by atoms with Crippen LogP contribution in [0.3, 0.4) is 0 Å². The number of hydrogen-bond acceptors (Lipinski definition) is 5. The second-order valence-corrected chi connectivity index (χ2v) is 8.09. The number of benzene rings is 2. The quantitative estimate of drug-likeness (QED) is 0.471. The van der Waals surface area contributed by atoms with Crippen LogP contribution >= 0.6 is 0 Å². The van der Waals surface area contributed by atoms with Crippen molar-refractivity contribution in [3.05, 3.63) is 59.7 Å². The van der Waals surface area contributed by atoms with Crippen molar-refractivity contribution < 1.29 is 23.9 Å². The molecule has 2 aromatic rings. The van der Waals surface area contributed by atoms with E-state index in [1.54, 1.807) is 31.3 Å². The Morgan fingerprint density at radius 2 is 1.58 bits per heavy atom. The fraction of sp³-hybridized carbons (Fsp3) is 0.375. The van der Waals surface area contributed by atoms with Crippen LogP contribution in [-0.4, -0.2) is 38.0 Å². The van der Waals surface area contributed by atoms with Crippen molar-refractivity contribution in [1.29, 1.82) is 0 Å². The van der Waals surface area contributed by atoms with Gasteiger partial charge in [0.05, 0.1) is 6.61 Å². The van der Waals surface area contributed by atoms with E-state index in [1.165, 1.54) is 5.56 Å². The molecule has 2 rings (SSSR count). The fourth-order valence-electron chi connectivity index (χ4n) is 2.72. The van der Waals surface area contributed by atoms with Gasteiger partial charge in [-0.3, -0.25) is 14.4 Å². The molecule has 0 aromatic heterocycles. The molecule has 0 radical (unpaired) electrons. The first-order chi connectivity index (χ1) is 14.7. The molecule has 0 spiro atoms. The second-order valence-electron chi connectivity index (χ2n) is 8.09. The second kappa shape index (κ2) is 11.2. The van der Waals surface area contributed by atoms with Crippen LogP contribution < -0.4 is 15.4 Å². The Morgan fingerprint density at radius 3 is 2.16 bits per heavy atom. The molecule has 0 saturated carbocycles. The van der Waals surface area contributed by atoms with Crippen molar-refractivity contribution in [2.45, 2.75) is 39.0 Å². The van der Waals surface area contributed by atoms with E-state index < -0.39 is 11.9 Å². The van der Waals surface area contributed by atoms with Gasteiger partial charge in [0.1, 0.15) is 5.75 Å². The highest BCUT2D eigenvalue weighted by Gasteiger charge is 2.13. The van der Waals surface area contributed by atoms with E-state index in [2.05, 4.69) is 31.4 Å². The first kappa shape index (κ1) is 23.9. The van der Waals surface area contributed by atoms with Gasteiger partial charge in [0, 0.05) is 24.7 Å². The average molecular weight is 427 g/mol. The maximum absolute atomic E-state index is 11.9. The molecule has 2 amide bonds. The van der Waals surface area contributed by atoms with Crippen LogP contribution in [0.2, 0.25) is 0 Å². The van der Waals surface area contributed by atoms with Crippen molar-refractivity contribution in [2.24, 2.45) is 0 Å². The standard InChI is InChI=1S/C24H30N2O5/c1-24(2,3)18-9-13-20(14-10-18)30-15-5-6-22(28)31-16-21(27)26-19-11-7-17(8-12-19)23(29)25-4/h7-14H,5-6,15-16H2,1-4H3,(H,25,29)(H,26,27).